The van der Waals surface area contributed by atoms with Crippen molar-refractivity contribution in [3.63, 3.8) is 0 Å². The molecule has 0 radical (unpaired) electrons. The molecule has 8 heteroatoms. The fourth-order valence-electron chi connectivity index (χ4n) is 2.22. The van der Waals surface area contributed by atoms with Gasteiger partial charge in [-0.3, -0.25) is 9.59 Å². The van der Waals surface area contributed by atoms with E-state index in [-0.39, 0.29) is 26.6 Å². The summed E-state index contributed by atoms with van der Waals surface area (Å²) in [6, 6.07) is 11.7. The van der Waals surface area contributed by atoms with Gasteiger partial charge in [0.1, 0.15) is 25.5 Å². The lowest BCUT2D eigenvalue weighted by molar-refractivity contribution is -0.143. The third-order valence-corrected chi connectivity index (χ3v) is 3.67. The van der Waals surface area contributed by atoms with Crippen LogP contribution in [0.2, 0.25) is 5.02 Å². The predicted molar refractivity (Wildman–Crippen MR) is 92.8 cm³/mol. The largest absolute Gasteiger partial charge is 0.490 e. The van der Waals surface area contributed by atoms with Gasteiger partial charge in [0.15, 0.2) is 11.5 Å². The molecule has 0 saturated carbocycles. The Balaban J connectivity index is 1.36. The normalized spacial score (nSPS) is 11.7. The van der Waals surface area contributed by atoms with Crippen molar-refractivity contribution in [1.82, 2.24) is 5.32 Å². The molecule has 1 aliphatic rings. The summed E-state index contributed by atoms with van der Waals surface area (Å²) in [5.74, 6) is 0.702. The van der Waals surface area contributed by atoms with E-state index in [1.54, 1.807) is 42.5 Å². The molecule has 0 aliphatic carbocycles. The first-order chi connectivity index (χ1) is 12.6. The van der Waals surface area contributed by atoms with Gasteiger partial charge in [0.05, 0.1) is 0 Å². The van der Waals surface area contributed by atoms with E-state index >= 15 is 0 Å². The van der Waals surface area contributed by atoms with Crippen LogP contribution in [0, 0.1) is 0 Å². The molecule has 0 spiro atoms. The number of nitrogens with one attached hydrogen (secondary N) is 1. The van der Waals surface area contributed by atoms with Crippen molar-refractivity contribution in [3.8, 4) is 17.2 Å². The highest BCUT2D eigenvalue weighted by Crippen LogP contribution is 2.32. The summed E-state index contributed by atoms with van der Waals surface area (Å²) in [6.45, 7) is 0.127. The van der Waals surface area contributed by atoms with Crippen LogP contribution in [0.5, 0.6) is 17.2 Å². The highest BCUT2D eigenvalue weighted by Gasteiger charge is 2.16. The number of esters is 1. The van der Waals surface area contributed by atoms with Gasteiger partial charge in [-0.05, 0) is 36.4 Å². The zero-order chi connectivity index (χ0) is 18.4. The second-order valence-corrected chi connectivity index (χ2v) is 5.71. The Hall–Kier alpha value is -2.93. The van der Waals surface area contributed by atoms with E-state index in [1.807, 2.05) is 0 Å². The minimum atomic E-state index is -0.561. The third-order valence-electron chi connectivity index (χ3n) is 3.44. The monoisotopic (exact) mass is 377 g/mol. The number of benzene rings is 2. The van der Waals surface area contributed by atoms with Crippen molar-refractivity contribution in [2.45, 2.75) is 0 Å². The average molecular weight is 378 g/mol. The Bertz CT molecular complexity index is 810. The Morgan fingerprint density at radius 2 is 1.92 bits per heavy atom. The average Bonchev–Trinajstić information content (AvgIpc) is 3.11. The number of hydrogen-bond acceptors (Lipinski definition) is 6. The van der Waals surface area contributed by atoms with Gasteiger partial charge in [-0.25, -0.2) is 0 Å². The number of ether oxygens (including phenoxy) is 4. The number of halogens is 1. The predicted octanol–water partition coefficient (Wildman–Crippen LogP) is 2.42. The van der Waals surface area contributed by atoms with Gasteiger partial charge >= 0.3 is 5.97 Å². The Morgan fingerprint density at radius 1 is 1.08 bits per heavy atom. The van der Waals surface area contributed by atoms with Crippen LogP contribution in [0.1, 0.15) is 10.4 Å². The molecule has 0 aromatic heterocycles. The molecule has 0 fully saturated rings. The SMILES string of the molecule is O=C(CNC(=O)c1ccc2c(c1)OCO2)OCCOc1cccc(Cl)c1. The summed E-state index contributed by atoms with van der Waals surface area (Å²) in [4.78, 5) is 23.7. The van der Waals surface area contributed by atoms with Crippen LogP contribution < -0.4 is 19.5 Å². The van der Waals surface area contributed by atoms with Gasteiger partial charge in [-0.15, -0.1) is 0 Å². The highest BCUT2D eigenvalue weighted by atomic mass is 35.5. The van der Waals surface area contributed by atoms with E-state index in [4.69, 9.17) is 30.5 Å². The standard InChI is InChI=1S/C18H16ClNO6/c19-13-2-1-3-14(9-13)23-6-7-24-17(21)10-20-18(22)12-4-5-15-16(8-12)26-11-25-15/h1-5,8-9H,6-7,10-11H2,(H,20,22). The molecular weight excluding hydrogens is 362 g/mol. The van der Waals surface area contributed by atoms with Crippen molar-refractivity contribution < 1.29 is 28.5 Å². The van der Waals surface area contributed by atoms with E-state index in [2.05, 4.69) is 5.32 Å². The molecule has 3 rings (SSSR count). The van der Waals surface area contributed by atoms with Gasteiger partial charge in [-0.2, -0.15) is 0 Å². The van der Waals surface area contributed by atoms with Gasteiger partial charge < -0.3 is 24.3 Å². The van der Waals surface area contributed by atoms with E-state index in [0.29, 0.717) is 27.8 Å². The molecule has 1 aliphatic heterocycles. The van der Waals surface area contributed by atoms with Crippen LogP contribution >= 0.6 is 11.6 Å². The van der Waals surface area contributed by atoms with Crippen LogP contribution in [-0.2, 0) is 9.53 Å². The fourth-order valence-corrected chi connectivity index (χ4v) is 2.40. The first-order valence-corrected chi connectivity index (χ1v) is 8.21. The number of carbonyl (C=O) groups is 2. The zero-order valence-electron chi connectivity index (χ0n) is 13.7. The fraction of sp³-hybridized carbons (Fsp3) is 0.222. The molecule has 0 unspecified atom stereocenters. The van der Waals surface area contributed by atoms with Crippen LogP contribution in [0.15, 0.2) is 42.5 Å². The lowest BCUT2D eigenvalue weighted by Crippen LogP contribution is -2.31. The molecule has 2 aromatic rings. The minimum Gasteiger partial charge on any atom is -0.490 e. The summed E-state index contributed by atoms with van der Waals surface area (Å²) < 4.78 is 20.8. The highest BCUT2D eigenvalue weighted by molar-refractivity contribution is 6.30. The van der Waals surface area contributed by atoms with E-state index in [9.17, 15) is 9.59 Å². The number of fused-ring (bicyclic) bond motifs is 1. The molecular formula is C18H16ClNO6. The number of carbonyl (C=O) groups excluding carboxylic acids is 2. The Kier molecular flexibility index (Phi) is 5.80. The van der Waals surface area contributed by atoms with Gasteiger partial charge in [-0.1, -0.05) is 17.7 Å². The lowest BCUT2D eigenvalue weighted by atomic mass is 10.2. The number of amides is 1. The summed E-state index contributed by atoms with van der Waals surface area (Å²) in [7, 11) is 0. The Morgan fingerprint density at radius 3 is 2.77 bits per heavy atom. The lowest BCUT2D eigenvalue weighted by Gasteiger charge is -2.08. The van der Waals surface area contributed by atoms with E-state index in [0.717, 1.165) is 0 Å². The van der Waals surface area contributed by atoms with Crippen molar-refractivity contribution >= 4 is 23.5 Å². The Labute approximate surface area is 154 Å². The third kappa shape index (κ3) is 4.80. The van der Waals surface area contributed by atoms with Gasteiger partial charge in [0, 0.05) is 10.6 Å². The molecule has 1 heterocycles. The molecule has 0 atom stereocenters. The molecule has 0 saturated heterocycles. The quantitative estimate of drug-likeness (QED) is 0.589. The molecule has 7 nitrogen and oxygen atoms in total. The van der Waals surface area contributed by atoms with Crippen molar-refractivity contribution in [2.75, 3.05) is 26.6 Å². The maximum Gasteiger partial charge on any atom is 0.325 e. The van der Waals surface area contributed by atoms with Crippen LogP contribution in [0.3, 0.4) is 0 Å². The van der Waals surface area contributed by atoms with Gasteiger partial charge in [0.2, 0.25) is 6.79 Å². The van der Waals surface area contributed by atoms with E-state index < -0.39 is 11.9 Å². The van der Waals surface area contributed by atoms with Crippen molar-refractivity contribution in [2.24, 2.45) is 0 Å². The summed E-state index contributed by atoms with van der Waals surface area (Å²) in [5.41, 5.74) is 0.367. The molecule has 26 heavy (non-hydrogen) atoms. The molecule has 0 bridgehead atoms. The van der Waals surface area contributed by atoms with Crippen LogP contribution in [-0.4, -0.2) is 38.4 Å². The molecule has 136 valence electrons. The maximum absolute atomic E-state index is 12.0. The number of rotatable bonds is 7. The molecule has 1 N–H and O–H groups in total. The summed E-state index contributed by atoms with van der Waals surface area (Å²) in [6.07, 6.45) is 0. The number of hydrogen-bond donors (Lipinski definition) is 1. The van der Waals surface area contributed by atoms with Crippen LogP contribution in [0.4, 0.5) is 0 Å². The summed E-state index contributed by atoms with van der Waals surface area (Å²) >= 11 is 5.84. The molecule has 1 amide bonds. The minimum absolute atomic E-state index is 0.0608. The van der Waals surface area contributed by atoms with Crippen molar-refractivity contribution in [3.05, 3.63) is 53.1 Å². The zero-order valence-corrected chi connectivity index (χ0v) is 14.5. The van der Waals surface area contributed by atoms with Crippen molar-refractivity contribution in [1.29, 1.82) is 0 Å². The maximum atomic E-state index is 12.0. The summed E-state index contributed by atoms with van der Waals surface area (Å²) in [5, 5.41) is 3.05. The van der Waals surface area contributed by atoms with Gasteiger partial charge in [0.25, 0.3) is 5.91 Å². The van der Waals surface area contributed by atoms with E-state index in [1.165, 1.54) is 0 Å². The van der Waals surface area contributed by atoms with Crippen LogP contribution in [0.25, 0.3) is 0 Å². The first kappa shape index (κ1) is 17.9. The second-order valence-electron chi connectivity index (χ2n) is 5.28. The topological polar surface area (TPSA) is 83.1 Å². The first-order valence-electron chi connectivity index (χ1n) is 7.83. The molecule has 2 aromatic carbocycles. The second kappa shape index (κ2) is 8.44. The smallest absolute Gasteiger partial charge is 0.325 e.